The van der Waals surface area contributed by atoms with Crippen molar-refractivity contribution >= 4 is 23.4 Å². The van der Waals surface area contributed by atoms with E-state index in [2.05, 4.69) is 20.2 Å². The maximum absolute atomic E-state index is 13.4. The van der Waals surface area contributed by atoms with Gasteiger partial charge in [-0.15, -0.1) is 0 Å². The van der Waals surface area contributed by atoms with Crippen LogP contribution in [0.5, 0.6) is 5.88 Å². The number of halogens is 3. The van der Waals surface area contributed by atoms with Crippen molar-refractivity contribution in [2.24, 2.45) is 0 Å². The molecule has 1 aromatic carbocycles. The molecule has 3 aromatic rings. The summed E-state index contributed by atoms with van der Waals surface area (Å²) in [4.78, 5) is 26.0. The fourth-order valence-corrected chi connectivity index (χ4v) is 4.46. The SMILES string of the molecule is O=C(Nc1cccc(OCCCO)n1)N1c2nc(-c3cccc(C(F)(F)F)c3)ccc2N2CC[C@H]1C2. The first-order valence-corrected chi connectivity index (χ1v) is 11.6. The molecule has 2 amide bonds. The molecule has 4 heterocycles. The Labute approximate surface area is 205 Å². The Morgan fingerprint density at radius 2 is 1.97 bits per heavy atom. The molecule has 1 atom stereocenters. The minimum atomic E-state index is -4.47. The summed E-state index contributed by atoms with van der Waals surface area (Å²) < 4.78 is 45.2. The van der Waals surface area contributed by atoms with Crippen LogP contribution in [-0.4, -0.2) is 53.5 Å². The number of ether oxygens (including phenoxy) is 1. The zero-order chi connectivity index (χ0) is 25.3. The zero-order valence-electron chi connectivity index (χ0n) is 19.2. The van der Waals surface area contributed by atoms with E-state index < -0.39 is 17.8 Å². The van der Waals surface area contributed by atoms with Gasteiger partial charge in [0.15, 0.2) is 5.82 Å². The van der Waals surface area contributed by atoms with Crippen LogP contribution >= 0.6 is 0 Å². The van der Waals surface area contributed by atoms with E-state index in [1.165, 1.54) is 6.07 Å². The summed E-state index contributed by atoms with van der Waals surface area (Å²) in [7, 11) is 0. The van der Waals surface area contributed by atoms with E-state index in [1.54, 1.807) is 41.3 Å². The topological polar surface area (TPSA) is 90.8 Å². The highest BCUT2D eigenvalue weighted by Crippen LogP contribution is 2.41. The number of fused-ring (bicyclic) bond motifs is 4. The third-order valence-electron chi connectivity index (χ3n) is 6.17. The summed E-state index contributed by atoms with van der Waals surface area (Å²) in [6.07, 6.45) is -3.27. The molecule has 11 heteroatoms. The van der Waals surface area contributed by atoms with Gasteiger partial charge in [0.1, 0.15) is 5.82 Å². The first-order chi connectivity index (χ1) is 17.3. The second-order valence-electron chi connectivity index (χ2n) is 8.59. The standard InChI is InChI=1S/C25H24F3N5O3/c26-25(27,28)17-5-1-4-16(14-17)19-8-9-20-23(29-19)33(18-10-11-32(20)15-18)24(35)31-21-6-2-7-22(30-21)36-13-3-12-34/h1-2,4-9,14,18,34H,3,10-13,15H2,(H,30,31,35)/t18-/m0/s1. The fourth-order valence-electron chi connectivity index (χ4n) is 4.46. The molecule has 2 N–H and O–H groups in total. The van der Waals surface area contributed by atoms with E-state index in [0.717, 1.165) is 30.8 Å². The van der Waals surface area contributed by atoms with E-state index in [1.807, 2.05) is 0 Å². The maximum atomic E-state index is 13.4. The van der Waals surface area contributed by atoms with Crippen molar-refractivity contribution in [3.63, 3.8) is 0 Å². The zero-order valence-corrected chi connectivity index (χ0v) is 19.2. The number of carbonyl (C=O) groups excluding carboxylic acids is 1. The Morgan fingerprint density at radius 1 is 1.14 bits per heavy atom. The Kier molecular flexibility index (Phi) is 6.40. The summed E-state index contributed by atoms with van der Waals surface area (Å²) in [5.74, 6) is 1.00. The average molecular weight is 499 g/mol. The Balaban J connectivity index is 1.44. The molecular weight excluding hydrogens is 475 g/mol. The second-order valence-corrected chi connectivity index (χ2v) is 8.59. The number of hydrogen-bond donors (Lipinski definition) is 2. The van der Waals surface area contributed by atoms with Gasteiger partial charge >= 0.3 is 12.2 Å². The Bertz CT molecular complexity index is 1270. The fraction of sp³-hybridized carbons (Fsp3) is 0.320. The van der Waals surface area contributed by atoms with Crippen LogP contribution in [0, 0.1) is 0 Å². The first kappa shape index (κ1) is 23.9. The number of pyridine rings is 2. The van der Waals surface area contributed by atoms with Crippen LogP contribution in [0.2, 0.25) is 0 Å². The molecule has 0 spiro atoms. The molecule has 2 aliphatic rings. The van der Waals surface area contributed by atoms with Gasteiger partial charge in [0.25, 0.3) is 0 Å². The number of nitrogens with zero attached hydrogens (tertiary/aromatic N) is 4. The van der Waals surface area contributed by atoms with Crippen LogP contribution in [0.1, 0.15) is 18.4 Å². The molecular formula is C25H24F3N5O3. The summed E-state index contributed by atoms with van der Waals surface area (Å²) in [5, 5.41) is 11.7. The number of nitrogens with one attached hydrogen (secondary N) is 1. The van der Waals surface area contributed by atoms with E-state index in [0.29, 0.717) is 42.5 Å². The van der Waals surface area contributed by atoms with Crippen molar-refractivity contribution < 1.29 is 27.8 Å². The van der Waals surface area contributed by atoms with Crippen molar-refractivity contribution in [1.29, 1.82) is 0 Å². The summed E-state index contributed by atoms with van der Waals surface area (Å²) in [6.45, 7) is 1.68. The molecule has 2 aromatic heterocycles. The third-order valence-corrected chi connectivity index (χ3v) is 6.17. The lowest BCUT2D eigenvalue weighted by atomic mass is 10.1. The highest BCUT2D eigenvalue weighted by atomic mass is 19.4. The Hall–Kier alpha value is -3.86. The van der Waals surface area contributed by atoms with Gasteiger partial charge < -0.3 is 14.7 Å². The lowest BCUT2D eigenvalue weighted by Crippen LogP contribution is -2.48. The number of alkyl halides is 3. The van der Waals surface area contributed by atoms with Crippen molar-refractivity contribution in [3.05, 3.63) is 60.2 Å². The number of aliphatic hydroxyl groups is 1. The number of rotatable bonds is 6. The summed E-state index contributed by atoms with van der Waals surface area (Å²) in [6, 6.07) is 12.9. The van der Waals surface area contributed by atoms with Gasteiger partial charge in [0.05, 0.1) is 29.6 Å². The minimum absolute atomic E-state index is 0.00130. The van der Waals surface area contributed by atoms with Crippen LogP contribution in [0.4, 0.5) is 35.3 Å². The van der Waals surface area contributed by atoms with Gasteiger partial charge in [0, 0.05) is 37.7 Å². The molecule has 36 heavy (non-hydrogen) atoms. The molecule has 1 fully saturated rings. The van der Waals surface area contributed by atoms with E-state index >= 15 is 0 Å². The summed E-state index contributed by atoms with van der Waals surface area (Å²) in [5.41, 5.74) is 0.654. The monoisotopic (exact) mass is 499 g/mol. The number of aliphatic hydroxyl groups excluding tert-OH is 1. The van der Waals surface area contributed by atoms with Gasteiger partial charge in [-0.2, -0.15) is 18.2 Å². The average Bonchev–Trinajstić information content (AvgIpc) is 3.28. The molecule has 0 saturated carbocycles. The number of benzene rings is 1. The Morgan fingerprint density at radius 3 is 2.78 bits per heavy atom. The highest BCUT2D eigenvalue weighted by molar-refractivity contribution is 6.04. The van der Waals surface area contributed by atoms with E-state index in [9.17, 15) is 18.0 Å². The predicted octanol–water partition coefficient (Wildman–Crippen LogP) is 4.55. The van der Waals surface area contributed by atoms with Crippen LogP contribution in [-0.2, 0) is 6.18 Å². The summed E-state index contributed by atoms with van der Waals surface area (Å²) >= 11 is 0. The lowest BCUT2D eigenvalue weighted by molar-refractivity contribution is -0.137. The van der Waals surface area contributed by atoms with Crippen LogP contribution in [0.25, 0.3) is 11.3 Å². The third kappa shape index (κ3) is 4.78. The van der Waals surface area contributed by atoms with Crippen molar-refractivity contribution in [3.8, 4) is 17.1 Å². The second kappa shape index (κ2) is 9.65. The number of urea groups is 1. The number of anilines is 3. The molecule has 8 nitrogen and oxygen atoms in total. The molecule has 2 aliphatic heterocycles. The normalized spacial score (nSPS) is 16.6. The molecule has 5 rings (SSSR count). The molecule has 2 bridgehead atoms. The van der Waals surface area contributed by atoms with Crippen LogP contribution in [0.15, 0.2) is 54.6 Å². The molecule has 188 valence electrons. The van der Waals surface area contributed by atoms with Gasteiger partial charge in [-0.05, 0) is 36.8 Å². The van der Waals surface area contributed by atoms with Crippen LogP contribution in [0.3, 0.4) is 0 Å². The van der Waals surface area contributed by atoms with Gasteiger partial charge in [-0.3, -0.25) is 10.2 Å². The number of aromatic nitrogens is 2. The quantitative estimate of drug-likeness (QED) is 0.484. The van der Waals surface area contributed by atoms with Gasteiger partial charge in [-0.25, -0.2) is 9.78 Å². The lowest BCUT2D eigenvalue weighted by Gasteiger charge is -2.35. The minimum Gasteiger partial charge on any atom is -0.478 e. The number of carbonyl (C=O) groups is 1. The molecule has 0 radical (unpaired) electrons. The maximum Gasteiger partial charge on any atom is 0.416 e. The van der Waals surface area contributed by atoms with Crippen molar-refractivity contribution in [2.75, 3.05) is 41.4 Å². The smallest absolute Gasteiger partial charge is 0.416 e. The molecule has 0 unspecified atom stereocenters. The van der Waals surface area contributed by atoms with Crippen LogP contribution < -0.4 is 19.9 Å². The van der Waals surface area contributed by atoms with Gasteiger partial charge in [0.2, 0.25) is 5.88 Å². The molecule has 1 saturated heterocycles. The van der Waals surface area contributed by atoms with Crippen molar-refractivity contribution in [1.82, 2.24) is 9.97 Å². The van der Waals surface area contributed by atoms with Gasteiger partial charge in [-0.1, -0.05) is 18.2 Å². The molecule has 0 aliphatic carbocycles. The first-order valence-electron chi connectivity index (χ1n) is 11.6. The largest absolute Gasteiger partial charge is 0.478 e. The van der Waals surface area contributed by atoms with E-state index in [-0.39, 0.29) is 18.5 Å². The predicted molar refractivity (Wildman–Crippen MR) is 128 cm³/mol. The van der Waals surface area contributed by atoms with Crippen molar-refractivity contribution in [2.45, 2.75) is 25.1 Å². The number of amides is 2. The van der Waals surface area contributed by atoms with E-state index in [4.69, 9.17) is 9.84 Å². The highest BCUT2D eigenvalue weighted by Gasteiger charge is 2.40. The number of hydrogen-bond acceptors (Lipinski definition) is 6.